The number of hydrogen-bond donors (Lipinski definition) is 0. The molecule has 0 aliphatic carbocycles. The summed E-state index contributed by atoms with van der Waals surface area (Å²) in [6.45, 7) is 12.1. The van der Waals surface area contributed by atoms with Gasteiger partial charge in [0, 0.05) is 0 Å². The van der Waals surface area contributed by atoms with Crippen molar-refractivity contribution in [1.82, 2.24) is 0 Å². The molecular formula is C13H28S. The molecule has 0 aromatic heterocycles. The average molecular weight is 216 g/mol. The van der Waals surface area contributed by atoms with Crippen molar-refractivity contribution in [3.63, 3.8) is 0 Å². The van der Waals surface area contributed by atoms with Gasteiger partial charge in [-0.1, -0.05) is 41.0 Å². The first-order valence-electron chi connectivity index (χ1n) is 6.25. The van der Waals surface area contributed by atoms with E-state index in [1.807, 2.05) is 0 Å². The van der Waals surface area contributed by atoms with Gasteiger partial charge in [-0.25, -0.2) is 10.0 Å². The van der Waals surface area contributed by atoms with E-state index in [1.165, 1.54) is 12.8 Å². The second kappa shape index (κ2) is 4.92. The van der Waals surface area contributed by atoms with Crippen LogP contribution in [0.5, 0.6) is 0 Å². The van der Waals surface area contributed by atoms with E-state index >= 15 is 0 Å². The highest BCUT2D eigenvalue weighted by Crippen LogP contribution is 2.64. The molecule has 1 aliphatic rings. The lowest BCUT2D eigenvalue weighted by Crippen LogP contribution is -2.40. The predicted molar refractivity (Wildman–Crippen MR) is 70.6 cm³/mol. The van der Waals surface area contributed by atoms with Gasteiger partial charge in [0.2, 0.25) is 0 Å². The normalized spacial score (nSPS) is 38.9. The summed E-state index contributed by atoms with van der Waals surface area (Å²) >= 11 is 0. The summed E-state index contributed by atoms with van der Waals surface area (Å²) < 4.78 is 0. The van der Waals surface area contributed by atoms with Crippen molar-refractivity contribution in [3.05, 3.63) is 0 Å². The Bertz CT molecular complexity index is 168. The van der Waals surface area contributed by atoms with Crippen LogP contribution < -0.4 is 0 Å². The molecule has 0 amide bonds. The van der Waals surface area contributed by atoms with Crippen LogP contribution in [0.2, 0.25) is 0 Å². The SMILES string of the molecule is CCCC(C)S1(CC(C)C)CC(C)C1. The molecule has 0 nitrogen and oxygen atoms in total. The Hall–Kier alpha value is 0.350. The van der Waals surface area contributed by atoms with Crippen molar-refractivity contribution in [1.29, 1.82) is 0 Å². The molecule has 1 unspecified atom stereocenters. The summed E-state index contributed by atoms with van der Waals surface area (Å²) in [6.07, 6.45) is 2.84. The van der Waals surface area contributed by atoms with Gasteiger partial charge >= 0.3 is 0 Å². The zero-order valence-electron chi connectivity index (χ0n) is 10.7. The third-order valence-corrected chi connectivity index (χ3v) is 9.19. The summed E-state index contributed by atoms with van der Waals surface area (Å²) in [6, 6.07) is 0. The van der Waals surface area contributed by atoms with E-state index in [0.717, 1.165) is 17.1 Å². The molecule has 1 rings (SSSR count). The molecule has 1 saturated heterocycles. The molecule has 0 spiro atoms. The quantitative estimate of drug-likeness (QED) is 0.643. The van der Waals surface area contributed by atoms with Crippen LogP contribution in [-0.2, 0) is 0 Å². The van der Waals surface area contributed by atoms with Crippen LogP contribution in [0.4, 0.5) is 0 Å². The number of hydrogen-bond acceptors (Lipinski definition) is 0. The molecule has 86 valence electrons. The highest BCUT2D eigenvalue weighted by molar-refractivity contribution is 8.35. The third-order valence-electron chi connectivity index (χ3n) is 3.45. The Morgan fingerprint density at radius 2 is 1.79 bits per heavy atom. The Morgan fingerprint density at radius 1 is 1.21 bits per heavy atom. The zero-order chi connectivity index (χ0) is 10.8. The van der Waals surface area contributed by atoms with Crippen molar-refractivity contribution < 1.29 is 0 Å². The van der Waals surface area contributed by atoms with Gasteiger partial charge in [0.15, 0.2) is 0 Å². The fourth-order valence-corrected chi connectivity index (χ4v) is 8.52. The van der Waals surface area contributed by atoms with E-state index in [-0.39, 0.29) is 10.0 Å². The van der Waals surface area contributed by atoms with Gasteiger partial charge in [-0.3, -0.25) is 0 Å². The van der Waals surface area contributed by atoms with Crippen LogP contribution in [0, 0.1) is 11.8 Å². The summed E-state index contributed by atoms with van der Waals surface area (Å²) in [7, 11) is -0.186. The highest BCUT2D eigenvalue weighted by Gasteiger charge is 2.40. The van der Waals surface area contributed by atoms with Crippen LogP contribution in [0.3, 0.4) is 0 Å². The minimum Gasteiger partial charge on any atom is -0.238 e. The van der Waals surface area contributed by atoms with E-state index in [9.17, 15) is 0 Å². The molecule has 0 bridgehead atoms. The Kier molecular flexibility index (Phi) is 4.36. The smallest absolute Gasteiger partial charge is 0.0140 e. The fraction of sp³-hybridized carbons (Fsp3) is 1.00. The average Bonchev–Trinajstić information content (AvgIpc) is 2.00. The van der Waals surface area contributed by atoms with Crippen molar-refractivity contribution in [3.8, 4) is 0 Å². The van der Waals surface area contributed by atoms with Gasteiger partial charge in [0.1, 0.15) is 0 Å². The lowest BCUT2D eigenvalue weighted by atomic mass is 10.2. The summed E-state index contributed by atoms with van der Waals surface area (Å²) in [5.74, 6) is 6.64. The number of rotatable bonds is 5. The summed E-state index contributed by atoms with van der Waals surface area (Å²) in [5, 5.41) is 1.03. The fourth-order valence-electron chi connectivity index (χ4n) is 3.03. The van der Waals surface area contributed by atoms with Gasteiger partial charge in [0.25, 0.3) is 0 Å². The van der Waals surface area contributed by atoms with Gasteiger partial charge in [-0.15, -0.1) is 0 Å². The molecule has 14 heavy (non-hydrogen) atoms. The second-order valence-electron chi connectivity index (χ2n) is 5.71. The predicted octanol–water partition coefficient (Wildman–Crippen LogP) is 4.29. The Morgan fingerprint density at radius 3 is 2.14 bits per heavy atom. The summed E-state index contributed by atoms with van der Waals surface area (Å²) in [4.78, 5) is 0. The van der Waals surface area contributed by atoms with E-state index in [1.54, 1.807) is 17.3 Å². The standard InChI is InChI=1S/C13H28S/c1-6-7-13(5)14(8-11(2)3)9-12(4)10-14/h11-13H,6-10H2,1-5H3. The third kappa shape index (κ3) is 2.68. The van der Waals surface area contributed by atoms with Crippen LogP contribution in [0.15, 0.2) is 0 Å². The summed E-state index contributed by atoms with van der Waals surface area (Å²) in [5.41, 5.74) is 0. The highest BCUT2D eigenvalue weighted by atomic mass is 32.3. The molecular weight excluding hydrogens is 188 g/mol. The van der Waals surface area contributed by atoms with Crippen molar-refractivity contribution >= 4 is 10.0 Å². The maximum atomic E-state index is 2.52. The first-order chi connectivity index (χ1) is 6.50. The molecule has 1 heteroatoms. The van der Waals surface area contributed by atoms with Crippen molar-refractivity contribution in [2.24, 2.45) is 11.8 Å². The maximum Gasteiger partial charge on any atom is -0.0140 e. The first-order valence-corrected chi connectivity index (χ1v) is 8.45. The van der Waals surface area contributed by atoms with Crippen molar-refractivity contribution in [2.75, 3.05) is 17.3 Å². The van der Waals surface area contributed by atoms with Gasteiger partial charge in [-0.2, -0.15) is 0 Å². The van der Waals surface area contributed by atoms with Crippen molar-refractivity contribution in [2.45, 2.75) is 52.7 Å². The van der Waals surface area contributed by atoms with Gasteiger partial charge < -0.3 is 0 Å². The minimum absolute atomic E-state index is 0.186. The second-order valence-corrected chi connectivity index (χ2v) is 9.74. The van der Waals surface area contributed by atoms with Crippen LogP contribution in [0.25, 0.3) is 0 Å². The monoisotopic (exact) mass is 216 g/mol. The van der Waals surface area contributed by atoms with Crippen LogP contribution in [-0.4, -0.2) is 22.5 Å². The van der Waals surface area contributed by atoms with Crippen LogP contribution in [0.1, 0.15) is 47.5 Å². The molecule has 1 aliphatic heterocycles. The maximum absolute atomic E-state index is 2.52. The minimum atomic E-state index is -0.186. The molecule has 0 N–H and O–H groups in total. The first kappa shape index (κ1) is 12.4. The molecule has 0 saturated carbocycles. The molecule has 1 atom stereocenters. The molecule has 0 aromatic rings. The van der Waals surface area contributed by atoms with Gasteiger partial charge in [-0.05, 0) is 40.8 Å². The van der Waals surface area contributed by atoms with Crippen LogP contribution >= 0.6 is 10.0 Å². The topological polar surface area (TPSA) is 0 Å². The molecule has 0 radical (unpaired) electrons. The lowest BCUT2D eigenvalue weighted by molar-refractivity contribution is 0.647. The van der Waals surface area contributed by atoms with E-state index in [4.69, 9.17) is 0 Å². The lowest BCUT2D eigenvalue weighted by Gasteiger charge is -2.57. The zero-order valence-corrected chi connectivity index (χ0v) is 11.5. The largest absolute Gasteiger partial charge is 0.238 e. The van der Waals surface area contributed by atoms with Gasteiger partial charge in [0.05, 0.1) is 0 Å². The molecule has 1 heterocycles. The van der Waals surface area contributed by atoms with E-state index < -0.39 is 0 Å². The Balaban J connectivity index is 2.54. The van der Waals surface area contributed by atoms with E-state index in [0.29, 0.717) is 0 Å². The van der Waals surface area contributed by atoms with E-state index in [2.05, 4.69) is 34.6 Å². The molecule has 1 fully saturated rings. The molecule has 0 aromatic carbocycles. The Labute approximate surface area is 92.2 Å².